The summed E-state index contributed by atoms with van der Waals surface area (Å²) in [4.78, 5) is 23.7. The lowest BCUT2D eigenvalue weighted by molar-refractivity contribution is -0.274. The topological polar surface area (TPSA) is 96.9 Å². The number of nitrogens with zero attached hydrogens (tertiary/aromatic N) is 3. The molecule has 3 heterocycles. The molecule has 1 saturated heterocycles. The van der Waals surface area contributed by atoms with Gasteiger partial charge in [0.2, 0.25) is 5.95 Å². The summed E-state index contributed by atoms with van der Waals surface area (Å²) < 4.78 is 44.2. The van der Waals surface area contributed by atoms with E-state index in [2.05, 4.69) is 46.3 Å². The van der Waals surface area contributed by atoms with Crippen LogP contribution in [0.3, 0.4) is 0 Å². The molecule has 0 unspecified atom stereocenters. The summed E-state index contributed by atoms with van der Waals surface area (Å²) in [7, 11) is 0. The molecular formula is C18H18BrF3N6O2. The Hall–Kier alpha value is -2.60. The number of benzene rings is 1. The lowest BCUT2D eigenvalue weighted by Gasteiger charge is -2.14. The number of H-pyrrole nitrogens is 1. The van der Waals surface area contributed by atoms with Crippen molar-refractivity contribution >= 4 is 33.0 Å². The minimum atomic E-state index is -4.85. The number of rotatable bonds is 6. The first-order valence-corrected chi connectivity index (χ1v) is 10.0. The van der Waals surface area contributed by atoms with Crippen LogP contribution in [0.5, 0.6) is 5.75 Å². The van der Waals surface area contributed by atoms with Crippen molar-refractivity contribution < 1.29 is 17.9 Å². The van der Waals surface area contributed by atoms with Gasteiger partial charge in [0.05, 0.1) is 12.7 Å². The standard InChI is InChI=1S/C18H18BrF3N6O2/c19-12-1-2-14(30-18(20,21)22)11(5-12)9-28-15-13(26-17(28)29)8-25-16(27-15)24-7-10-3-4-23-6-10/h1-2,5,8,10,23H,3-4,6-7,9H2,(H,26,29)(H,24,25,27)/t10-/m0/s1. The van der Waals surface area contributed by atoms with Crippen molar-refractivity contribution in [1.82, 2.24) is 24.8 Å². The molecule has 0 saturated carbocycles. The van der Waals surface area contributed by atoms with Gasteiger partial charge in [-0.3, -0.25) is 4.57 Å². The summed E-state index contributed by atoms with van der Waals surface area (Å²) in [6, 6.07) is 4.11. The number of ether oxygens (including phenoxy) is 1. The SMILES string of the molecule is O=c1[nH]c2cnc(NC[C@H]3CCNC3)nc2n1Cc1cc(Br)ccc1OC(F)(F)F. The number of hydrogen-bond donors (Lipinski definition) is 3. The third-order valence-electron chi connectivity index (χ3n) is 4.80. The molecule has 1 fully saturated rings. The van der Waals surface area contributed by atoms with Gasteiger partial charge < -0.3 is 20.4 Å². The summed E-state index contributed by atoms with van der Waals surface area (Å²) in [6.45, 7) is 2.41. The van der Waals surface area contributed by atoms with E-state index >= 15 is 0 Å². The van der Waals surface area contributed by atoms with Crippen LogP contribution in [-0.2, 0) is 6.54 Å². The van der Waals surface area contributed by atoms with E-state index < -0.39 is 12.1 Å². The molecule has 0 aliphatic carbocycles. The lowest BCUT2D eigenvalue weighted by Crippen LogP contribution is -2.21. The highest BCUT2D eigenvalue weighted by molar-refractivity contribution is 9.10. The smallest absolute Gasteiger partial charge is 0.405 e. The highest BCUT2D eigenvalue weighted by Crippen LogP contribution is 2.29. The first kappa shape index (κ1) is 20.7. The van der Waals surface area contributed by atoms with Crippen LogP contribution in [0.1, 0.15) is 12.0 Å². The molecule has 0 spiro atoms. The second-order valence-corrected chi connectivity index (χ2v) is 7.90. The van der Waals surface area contributed by atoms with Crippen molar-refractivity contribution in [1.29, 1.82) is 0 Å². The molecule has 0 amide bonds. The third-order valence-corrected chi connectivity index (χ3v) is 5.29. The number of fused-ring (bicyclic) bond motifs is 1. The summed E-state index contributed by atoms with van der Waals surface area (Å²) >= 11 is 3.24. The molecule has 160 valence electrons. The van der Waals surface area contributed by atoms with Crippen LogP contribution < -0.4 is 21.1 Å². The zero-order valence-electron chi connectivity index (χ0n) is 15.6. The summed E-state index contributed by atoms with van der Waals surface area (Å²) in [5.74, 6) is 0.428. The Morgan fingerprint density at radius 2 is 2.20 bits per heavy atom. The number of aromatic amines is 1. The largest absolute Gasteiger partial charge is 0.573 e. The Kier molecular flexibility index (Phi) is 5.69. The molecular weight excluding hydrogens is 469 g/mol. The second kappa shape index (κ2) is 8.26. The lowest BCUT2D eigenvalue weighted by atomic mass is 10.1. The minimum absolute atomic E-state index is 0.160. The zero-order chi connectivity index (χ0) is 21.3. The van der Waals surface area contributed by atoms with Gasteiger partial charge in [0.25, 0.3) is 0 Å². The third kappa shape index (κ3) is 4.75. The molecule has 1 aliphatic heterocycles. The molecule has 4 rings (SSSR count). The molecule has 3 N–H and O–H groups in total. The number of imidazole rings is 1. The maximum absolute atomic E-state index is 12.8. The van der Waals surface area contributed by atoms with Crippen molar-refractivity contribution in [2.75, 3.05) is 25.0 Å². The first-order chi connectivity index (χ1) is 14.3. The van der Waals surface area contributed by atoms with E-state index in [1.165, 1.54) is 29.0 Å². The van der Waals surface area contributed by atoms with Gasteiger partial charge in [-0.25, -0.2) is 9.78 Å². The molecule has 1 atom stereocenters. The van der Waals surface area contributed by atoms with Crippen LogP contribution in [0.2, 0.25) is 0 Å². The average Bonchev–Trinajstić information content (AvgIpc) is 3.29. The van der Waals surface area contributed by atoms with Crippen molar-refractivity contribution in [3.63, 3.8) is 0 Å². The van der Waals surface area contributed by atoms with Crippen molar-refractivity contribution in [2.45, 2.75) is 19.3 Å². The Morgan fingerprint density at radius 3 is 2.93 bits per heavy atom. The minimum Gasteiger partial charge on any atom is -0.405 e. The van der Waals surface area contributed by atoms with Gasteiger partial charge in [-0.15, -0.1) is 13.2 Å². The predicted octanol–water partition coefficient (Wildman–Crippen LogP) is 2.85. The fourth-order valence-corrected chi connectivity index (χ4v) is 3.78. The number of anilines is 1. The monoisotopic (exact) mass is 486 g/mol. The van der Waals surface area contributed by atoms with E-state index in [0.29, 0.717) is 34.0 Å². The van der Waals surface area contributed by atoms with E-state index in [4.69, 9.17) is 0 Å². The highest BCUT2D eigenvalue weighted by Gasteiger charge is 2.32. The molecule has 12 heteroatoms. The molecule has 1 aromatic carbocycles. The van der Waals surface area contributed by atoms with Crippen LogP contribution in [0.4, 0.5) is 19.1 Å². The molecule has 30 heavy (non-hydrogen) atoms. The number of nitrogens with one attached hydrogen (secondary N) is 3. The molecule has 2 aromatic heterocycles. The number of alkyl halides is 3. The highest BCUT2D eigenvalue weighted by atomic mass is 79.9. The second-order valence-electron chi connectivity index (χ2n) is 6.99. The van der Waals surface area contributed by atoms with Gasteiger partial charge in [0, 0.05) is 16.6 Å². The van der Waals surface area contributed by atoms with E-state index in [0.717, 1.165) is 19.5 Å². The van der Waals surface area contributed by atoms with Crippen LogP contribution in [0.25, 0.3) is 11.2 Å². The summed E-state index contributed by atoms with van der Waals surface area (Å²) in [6.07, 6.45) is -2.32. The van der Waals surface area contributed by atoms with Gasteiger partial charge in [-0.05, 0) is 43.6 Å². The normalized spacial score (nSPS) is 16.9. The number of halogens is 4. The van der Waals surface area contributed by atoms with Gasteiger partial charge >= 0.3 is 12.1 Å². The van der Waals surface area contributed by atoms with Gasteiger partial charge in [-0.1, -0.05) is 15.9 Å². The van der Waals surface area contributed by atoms with E-state index in [-0.39, 0.29) is 17.9 Å². The van der Waals surface area contributed by atoms with Crippen LogP contribution in [0.15, 0.2) is 33.7 Å². The van der Waals surface area contributed by atoms with Crippen molar-refractivity contribution in [2.24, 2.45) is 5.92 Å². The molecule has 3 aromatic rings. The molecule has 8 nitrogen and oxygen atoms in total. The summed E-state index contributed by atoms with van der Waals surface area (Å²) in [5, 5.41) is 6.44. The summed E-state index contributed by atoms with van der Waals surface area (Å²) in [5.41, 5.74) is 0.352. The Morgan fingerprint density at radius 1 is 1.37 bits per heavy atom. The first-order valence-electron chi connectivity index (χ1n) is 9.23. The van der Waals surface area contributed by atoms with E-state index in [9.17, 15) is 18.0 Å². The maximum Gasteiger partial charge on any atom is 0.573 e. The zero-order valence-corrected chi connectivity index (χ0v) is 17.2. The number of hydrogen-bond acceptors (Lipinski definition) is 6. The quantitative estimate of drug-likeness (QED) is 0.495. The van der Waals surface area contributed by atoms with Gasteiger partial charge in [0.1, 0.15) is 11.3 Å². The maximum atomic E-state index is 12.8. The van der Waals surface area contributed by atoms with Crippen molar-refractivity contribution in [3.8, 4) is 5.75 Å². The number of aromatic nitrogens is 4. The Bertz CT molecular complexity index is 1110. The van der Waals surface area contributed by atoms with Gasteiger partial charge in [0.15, 0.2) is 5.65 Å². The van der Waals surface area contributed by atoms with Crippen LogP contribution >= 0.6 is 15.9 Å². The average molecular weight is 487 g/mol. The molecule has 0 radical (unpaired) electrons. The predicted molar refractivity (Wildman–Crippen MR) is 108 cm³/mol. The van der Waals surface area contributed by atoms with Crippen molar-refractivity contribution in [3.05, 3.63) is 44.9 Å². The van der Waals surface area contributed by atoms with Crippen LogP contribution in [-0.4, -0.2) is 45.5 Å². The molecule has 1 aliphatic rings. The molecule has 0 bridgehead atoms. The Balaban J connectivity index is 1.64. The van der Waals surface area contributed by atoms with E-state index in [1.807, 2.05) is 0 Å². The fourth-order valence-electron chi connectivity index (χ4n) is 3.37. The Labute approximate surface area is 177 Å². The van der Waals surface area contributed by atoms with Crippen LogP contribution in [0, 0.1) is 5.92 Å². The fraction of sp³-hybridized carbons (Fsp3) is 0.389. The van der Waals surface area contributed by atoms with Gasteiger partial charge in [-0.2, -0.15) is 4.98 Å². The van der Waals surface area contributed by atoms with E-state index in [1.54, 1.807) is 0 Å².